The second kappa shape index (κ2) is 9.12. The second-order valence-corrected chi connectivity index (χ2v) is 8.88. The van der Waals surface area contributed by atoms with E-state index in [1.165, 1.54) is 0 Å². The molecule has 7 nitrogen and oxygen atoms in total. The molecule has 3 rings (SSSR count). The van der Waals surface area contributed by atoms with Gasteiger partial charge in [0.1, 0.15) is 11.3 Å². The Hall–Kier alpha value is -3.19. The lowest BCUT2D eigenvalue weighted by molar-refractivity contribution is -0.0701. The van der Waals surface area contributed by atoms with Gasteiger partial charge in [-0.3, -0.25) is 9.78 Å². The van der Waals surface area contributed by atoms with Crippen LogP contribution in [-0.4, -0.2) is 51.8 Å². The Morgan fingerprint density at radius 2 is 1.97 bits per heavy atom. The number of amides is 2. The van der Waals surface area contributed by atoms with Gasteiger partial charge in [-0.25, -0.2) is 4.79 Å². The molecule has 1 aliphatic heterocycles. The molecule has 1 aliphatic rings. The first-order valence-electron chi connectivity index (χ1n) is 10.7. The van der Waals surface area contributed by atoms with Crippen LogP contribution in [0.3, 0.4) is 0 Å². The minimum atomic E-state index is -0.967. The molecular formula is C25H31N3O4. The molecule has 1 aromatic heterocycles. The summed E-state index contributed by atoms with van der Waals surface area (Å²) in [6, 6.07) is 11.3. The Morgan fingerprint density at radius 3 is 2.47 bits per heavy atom. The van der Waals surface area contributed by atoms with Crippen molar-refractivity contribution in [2.75, 3.05) is 13.6 Å². The number of hydrogen-bond donors (Lipinski definition) is 2. The molecule has 1 saturated heterocycles. The van der Waals surface area contributed by atoms with Crippen LogP contribution in [0.2, 0.25) is 0 Å². The summed E-state index contributed by atoms with van der Waals surface area (Å²) in [4.78, 5) is 30.4. The Bertz CT molecular complexity index is 980. The first-order valence-corrected chi connectivity index (χ1v) is 10.7. The predicted octanol–water partition coefficient (Wildman–Crippen LogP) is 4.10. The molecule has 1 aromatic carbocycles. The second-order valence-electron chi connectivity index (χ2n) is 8.88. The molecule has 0 radical (unpaired) electrons. The molecule has 0 unspecified atom stereocenters. The number of benzene rings is 1. The summed E-state index contributed by atoms with van der Waals surface area (Å²) in [6.45, 7) is 9.70. The van der Waals surface area contributed by atoms with Crippen molar-refractivity contribution in [2.24, 2.45) is 0 Å². The Labute approximate surface area is 189 Å². The van der Waals surface area contributed by atoms with E-state index in [0.29, 0.717) is 25.1 Å². The summed E-state index contributed by atoms with van der Waals surface area (Å²) in [7, 11) is 1.57. The highest BCUT2D eigenvalue weighted by Crippen LogP contribution is 2.36. The molecule has 0 spiro atoms. The smallest absolute Gasteiger partial charge is 0.411 e. The minimum Gasteiger partial charge on any atom is -0.438 e. The zero-order chi connectivity index (χ0) is 23.5. The van der Waals surface area contributed by atoms with Crippen molar-refractivity contribution in [1.82, 2.24) is 15.2 Å². The largest absolute Gasteiger partial charge is 0.438 e. The standard InChI is InChI=1S/C25H31N3O4/c1-6-25(16-24(3,4)31)13-14-28(23(30)32-25)17(2)18-7-9-19(10-8-18)20-11-12-21(27-15-20)22(29)26-5/h6-12,15,17,31H,1,13-14,16H2,2-5H3,(H,26,29)/t17-,25-/m0/s1. The highest BCUT2D eigenvalue weighted by molar-refractivity contribution is 5.92. The molecule has 32 heavy (non-hydrogen) atoms. The Balaban J connectivity index is 1.71. The van der Waals surface area contributed by atoms with Gasteiger partial charge in [-0.05, 0) is 44.0 Å². The number of aromatic nitrogens is 1. The van der Waals surface area contributed by atoms with Crippen molar-refractivity contribution in [2.45, 2.75) is 50.9 Å². The molecular weight excluding hydrogens is 406 g/mol. The number of nitrogens with zero attached hydrogens (tertiary/aromatic N) is 2. The van der Waals surface area contributed by atoms with Gasteiger partial charge in [0.05, 0.1) is 11.6 Å². The maximum atomic E-state index is 12.8. The summed E-state index contributed by atoms with van der Waals surface area (Å²) in [5.74, 6) is -0.225. The fourth-order valence-electron chi connectivity index (χ4n) is 4.07. The number of carbonyl (C=O) groups excluding carboxylic acids is 2. The molecule has 0 bridgehead atoms. The first kappa shape index (κ1) is 23.5. The van der Waals surface area contributed by atoms with Gasteiger partial charge in [-0.15, -0.1) is 0 Å². The highest BCUT2D eigenvalue weighted by Gasteiger charge is 2.43. The van der Waals surface area contributed by atoms with Crippen LogP contribution in [0.15, 0.2) is 55.3 Å². The molecule has 7 heteroatoms. The van der Waals surface area contributed by atoms with Crippen molar-refractivity contribution in [3.05, 3.63) is 66.5 Å². The van der Waals surface area contributed by atoms with Crippen LogP contribution in [0.1, 0.15) is 55.7 Å². The van der Waals surface area contributed by atoms with Crippen LogP contribution < -0.4 is 5.32 Å². The number of ether oxygens (including phenoxy) is 1. The van der Waals surface area contributed by atoms with Crippen LogP contribution in [0.25, 0.3) is 11.1 Å². The average molecular weight is 438 g/mol. The van der Waals surface area contributed by atoms with Crippen LogP contribution in [0, 0.1) is 0 Å². The maximum absolute atomic E-state index is 12.8. The molecule has 2 amide bonds. The van der Waals surface area contributed by atoms with E-state index in [9.17, 15) is 14.7 Å². The van der Waals surface area contributed by atoms with E-state index in [4.69, 9.17) is 4.74 Å². The third-order valence-corrected chi connectivity index (χ3v) is 5.82. The Morgan fingerprint density at radius 1 is 1.31 bits per heavy atom. The summed E-state index contributed by atoms with van der Waals surface area (Å²) in [5, 5.41) is 12.8. The van der Waals surface area contributed by atoms with Crippen molar-refractivity contribution in [1.29, 1.82) is 0 Å². The van der Waals surface area contributed by atoms with Gasteiger partial charge >= 0.3 is 6.09 Å². The zero-order valence-corrected chi connectivity index (χ0v) is 19.1. The minimum absolute atomic E-state index is 0.171. The van der Waals surface area contributed by atoms with Crippen molar-refractivity contribution in [3.63, 3.8) is 0 Å². The predicted molar refractivity (Wildman–Crippen MR) is 123 cm³/mol. The molecule has 2 aromatic rings. The van der Waals surface area contributed by atoms with Gasteiger partial charge in [-0.2, -0.15) is 0 Å². The Kier molecular flexibility index (Phi) is 6.69. The van der Waals surface area contributed by atoms with Gasteiger partial charge in [-0.1, -0.05) is 36.9 Å². The van der Waals surface area contributed by atoms with Crippen LogP contribution in [0.4, 0.5) is 4.79 Å². The van der Waals surface area contributed by atoms with Gasteiger partial charge in [0, 0.05) is 38.2 Å². The summed E-state index contributed by atoms with van der Waals surface area (Å²) < 4.78 is 5.76. The van der Waals surface area contributed by atoms with Crippen molar-refractivity contribution >= 4 is 12.0 Å². The van der Waals surface area contributed by atoms with Gasteiger partial charge in [0.25, 0.3) is 5.91 Å². The number of aliphatic hydroxyl groups is 1. The van der Waals surface area contributed by atoms with Crippen LogP contribution in [0.5, 0.6) is 0 Å². The van der Waals surface area contributed by atoms with E-state index in [2.05, 4.69) is 16.9 Å². The normalized spacial score (nSPS) is 19.8. The average Bonchev–Trinajstić information content (AvgIpc) is 2.77. The molecule has 0 aliphatic carbocycles. The fourth-order valence-corrected chi connectivity index (χ4v) is 4.07. The van der Waals surface area contributed by atoms with E-state index in [-0.39, 0.29) is 11.9 Å². The lowest BCUT2D eigenvalue weighted by Gasteiger charge is -2.43. The number of carbonyl (C=O) groups is 2. The van der Waals surface area contributed by atoms with E-state index >= 15 is 0 Å². The van der Waals surface area contributed by atoms with E-state index in [1.54, 1.807) is 44.1 Å². The number of cyclic esters (lactones) is 1. The molecule has 0 saturated carbocycles. The number of nitrogens with one attached hydrogen (secondary N) is 1. The van der Waals surface area contributed by atoms with E-state index in [1.807, 2.05) is 37.3 Å². The van der Waals surface area contributed by atoms with Gasteiger partial charge in [0.15, 0.2) is 0 Å². The summed E-state index contributed by atoms with van der Waals surface area (Å²) >= 11 is 0. The highest BCUT2D eigenvalue weighted by atomic mass is 16.6. The van der Waals surface area contributed by atoms with Crippen LogP contribution >= 0.6 is 0 Å². The van der Waals surface area contributed by atoms with E-state index in [0.717, 1.165) is 16.7 Å². The molecule has 2 atom stereocenters. The van der Waals surface area contributed by atoms with Crippen molar-refractivity contribution in [3.8, 4) is 11.1 Å². The van der Waals surface area contributed by atoms with Gasteiger partial charge in [0.2, 0.25) is 0 Å². The molecule has 170 valence electrons. The SMILES string of the molecule is C=C[C@@]1(CC(C)(C)O)CCN([C@@H](C)c2ccc(-c3ccc(C(=O)NC)nc3)cc2)C(=O)O1. The molecule has 1 fully saturated rings. The fraction of sp³-hybridized carbons (Fsp3) is 0.400. The quantitative estimate of drug-likeness (QED) is 0.637. The van der Waals surface area contributed by atoms with Crippen LogP contribution in [-0.2, 0) is 4.74 Å². The third kappa shape index (κ3) is 5.16. The first-order chi connectivity index (χ1) is 15.1. The van der Waals surface area contributed by atoms with E-state index < -0.39 is 17.3 Å². The monoisotopic (exact) mass is 437 g/mol. The maximum Gasteiger partial charge on any atom is 0.411 e. The molecule has 2 N–H and O–H groups in total. The third-order valence-electron chi connectivity index (χ3n) is 5.82. The molecule has 2 heterocycles. The topological polar surface area (TPSA) is 91.8 Å². The number of hydrogen-bond acceptors (Lipinski definition) is 5. The summed E-state index contributed by atoms with van der Waals surface area (Å²) in [6.07, 6.45) is 3.76. The number of rotatable bonds is 7. The van der Waals surface area contributed by atoms with Gasteiger partial charge < -0.3 is 20.1 Å². The summed E-state index contributed by atoms with van der Waals surface area (Å²) in [5.41, 5.74) is 1.39. The lowest BCUT2D eigenvalue weighted by atomic mass is 9.85. The lowest BCUT2D eigenvalue weighted by Crippen LogP contribution is -2.51. The van der Waals surface area contributed by atoms with Crippen molar-refractivity contribution < 1.29 is 19.4 Å². The zero-order valence-electron chi connectivity index (χ0n) is 19.1. The number of pyridine rings is 1.